The maximum atomic E-state index is 12.2. The minimum absolute atomic E-state index is 0.00216. The molecule has 1 nitrogen and oxygen atoms in total. The number of alkyl halides is 4. The summed E-state index contributed by atoms with van der Waals surface area (Å²) >= 11 is 2.15. The highest BCUT2D eigenvalue weighted by atomic mass is 127. The van der Waals surface area contributed by atoms with Gasteiger partial charge >= 0.3 is 6.18 Å². The SMILES string of the molecule is CC(CI)Oc1ccc(C(F)(F)F)cc1. The first-order valence-corrected chi connectivity index (χ1v) is 5.86. The van der Waals surface area contributed by atoms with Crippen LogP contribution < -0.4 is 4.74 Å². The van der Waals surface area contributed by atoms with Gasteiger partial charge in [0.15, 0.2) is 0 Å². The first-order valence-electron chi connectivity index (χ1n) is 4.33. The van der Waals surface area contributed by atoms with Crippen LogP contribution in [0.1, 0.15) is 12.5 Å². The quantitative estimate of drug-likeness (QED) is 0.603. The molecule has 1 atom stereocenters. The third kappa shape index (κ3) is 3.89. The Labute approximate surface area is 99.8 Å². The lowest BCUT2D eigenvalue weighted by atomic mass is 10.2. The Bertz CT molecular complexity index is 307. The van der Waals surface area contributed by atoms with E-state index >= 15 is 0 Å². The van der Waals surface area contributed by atoms with Gasteiger partial charge in [-0.1, -0.05) is 22.6 Å². The van der Waals surface area contributed by atoms with Gasteiger partial charge < -0.3 is 4.74 Å². The van der Waals surface area contributed by atoms with E-state index in [4.69, 9.17) is 4.74 Å². The van der Waals surface area contributed by atoms with Crippen molar-refractivity contribution in [3.05, 3.63) is 29.8 Å². The van der Waals surface area contributed by atoms with E-state index in [1.165, 1.54) is 12.1 Å². The molecule has 1 aromatic carbocycles. The standard InChI is InChI=1S/C10H10F3IO/c1-7(6-14)15-9-4-2-8(3-5-9)10(11,12)13/h2-5,7H,6H2,1H3. The lowest BCUT2D eigenvalue weighted by Crippen LogP contribution is -2.13. The van der Waals surface area contributed by atoms with Crippen LogP contribution in [0, 0.1) is 0 Å². The topological polar surface area (TPSA) is 9.23 Å². The van der Waals surface area contributed by atoms with Crippen molar-refractivity contribution in [3.8, 4) is 5.75 Å². The summed E-state index contributed by atoms with van der Waals surface area (Å²) in [5, 5.41) is 0. The van der Waals surface area contributed by atoms with Gasteiger partial charge in [-0.3, -0.25) is 0 Å². The summed E-state index contributed by atoms with van der Waals surface area (Å²) in [5.74, 6) is 0.465. The second kappa shape index (κ2) is 5.05. The Morgan fingerprint density at radius 2 is 1.80 bits per heavy atom. The molecular formula is C10H10F3IO. The Morgan fingerprint density at radius 1 is 1.27 bits per heavy atom. The van der Waals surface area contributed by atoms with Crippen molar-refractivity contribution in [2.45, 2.75) is 19.2 Å². The molecule has 0 saturated heterocycles. The summed E-state index contributed by atoms with van der Waals surface area (Å²) < 4.78 is 42.8. The van der Waals surface area contributed by atoms with Gasteiger partial charge in [0, 0.05) is 4.43 Å². The van der Waals surface area contributed by atoms with Crippen LogP contribution >= 0.6 is 22.6 Å². The van der Waals surface area contributed by atoms with Gasteiger partial charge in [-0.05, 0) is 31.2 Å². The van der Waals surface area contributed by atoms with Crippen molar-refractivity contribution in [1.29, 1.82) is 0 Å². The zero-order valence-corrected chi connectivity index (χ0v) is 10.2. The maximum absolute atomic E-state index is 12.2. The molecule has 0 amide bonds. The zero-order valence-electron chi connectivity index (χ0n) is 8.01. The summed E-state index contributed by atoms with van der Waals surface area (Å²) in [6.07, 6.45) is -4.28. The van der Waals surface area contributed by atoms with Crippen LogP contribution in [0.15, 0.2) is 24.3 Å². The Morgan fingerprint density at radius 3 is 2.20 bits per heavy atom. The average Bonchev–Trinajstić information content (AvgIpc) is 2.17. The molecule has 84 valence electrons. The molecule has 0 N–H and O–H groups in total. The molecule has 15 heavy (non-hydrogen) atoms. The first-order chi connectivity index (χ1) is 6.93. The minimum atomic E-state index is -4.28. The monoisotopic (exact) mass is 330 g/mol. The van der Waals surface area contributed by atoms with Crippen molar-refractivity contribution in [3.63, 3.8) is 0 Å². The highest BCUT2D eigenvalue weighted by Gasteiger charge is 2.30. The number of halogens is 4. The van der Waals surface area contributed by atoms with Crippen molar-refractivity contribution >= 4 is 22.6 Å². The lowest BCUT2D eigenvalue weighted by molar-refractivity contribution is -0.137. The van der Waals surface area contributed by atoms with Gasteiger partial charge in [0.05, 0.1) is 5.56 Å². The van der Waals surface area contributed by atoms with Gasteiger partial charge in [0.2, 0.25) is 0 Å². The number of hydrogen-bond donors (Lipinski definition) is 0. The second-order valence-electron chi connectivity index (χ2n) is 3.10. The Kier molecular flexibility index (Phi) is 4.24. The maximum Gasteiger partial charge on any atom is 0.416 e. The number of benzene rings is 1. The molecule has 0 spiro atoms. The van der Waals surface area contributed by atoms with E-state index in [1.807, 2.05) is 6.92 Å². The summed E-state index contributed by atoms with van der Waals surface area (Å²) in [7, 11) is 0. The van der Waals surface area contributed by atoms with Gasteiger partial charge in [0.1, 0.15) is 11.9 Å². The highest BCUT2D eigenvalue weighted by molar-refractivity contribution is 14.1. The largest absolute Gasteiger partial charge is 0.490 e. The molecule has 1 rings (SSSR count). The smallest absolute Gasteiger partial charge is 0.416 e. The molecule has 0 aliphatic carbocycles. The van der Waals surface area contributed by atoms with Gasteiger partial charge in [-0.2, -0.15) is 13.2 Å². The van der Waals surface area contributed by atoms with E-state index in [2.05, 4.69) is 22.6 Å². The van der Waals surface area contributed by atoms with E-state index in [0.717, 1.165) is 16.6 Å². The van der Waals surface area contributed by atoms with Gasteiger partial charge in [-0.15, -0.1) is 0 Å². The van der Waals surface area contributed by atoms with Crippen molar-refractivity contribution in [1.82, 2.24) is 0 Å². The number of rotatable bonds is 3. The molecule has 0 aliphatic rings. The van der Waals surface area contributed by atoms with E-state index in [0.29, 0.717) is 5.75 Å². The number of ether oxygens (including phenoxy) is 1. The molecule has 0 radical (unpaired) electrons. The Hall–Kier alpha value is -0.460. The second-order valence-corrected chi connectivity index (χ2v) is 3.99. The molecule has 1 unspecified atom stereocenters. The fourth-order valence-electron chi connectivity index (χ4n) is 0.986. The fraction of sp³-hybridized carbons (Fsp3) is 0.400. The van der Waals surface area contributed by atoms with E-state index < -0.39 is 11.7 Å². The molecule has 0 aromatic heterocycles. The van der Waals surface area contributed by atoms with Gasteiger partial charge in [0.25, 0.3) is 0 Å². The predicted octanol–water partition coefficient (Wildman–Crippen LogP) is 3.91. The van der Waals surface area contributed by atoms with E-state index in [-0.39, 0.29) is 6.10 Å². The minimum Gasteiger partial charge on any atom is -0.490 e. The normalized spacial score (nSPS) is 13.7. The molecular weight excluding hydrogens is 320 g/mol. The average molecular weight is 330 g/mol. The fourth-order valence-corrected chi connectivity index (χ4v) is 1.17. The van der Waals surface area contributed by atoms with Crippen molar-refractivity contribution in [2.24, 2.45) is 0 Å². The molecule has 0 bridgehead atoms. The lowest BCUT2D eigenvalue weighted by Gasteiger charge is -2.12. The third-order valence-electron chi connectivity index (χ3n) is 1.74. The number of hydrogen-bond acceptors (Lipinski definition) is 1. The molecule has 0 fully saturated rings. The Balaban J connectivity index is 2.73. The van der Waals surface area contributed by atoms with Crippen LogP contribution in [-0.4, -0.2) is 10.5 Å². The molecule has 0 aliphatic heterocycles. The van der Waals surface area contributed by atoms with Crippen LogP contribution in [0.25, 0.3) is 0 Å². The van der Waals surface area contributed by atoms with Crippen molar-refractivity contribution in [2.75, 3.05) is 4.43 Å². The van der Waals surface area contributed by atoms with Crippen LogP contribution in [0.3, 0.4) is 0 Å². The summed E-state index contributed by atoms with van der Waals surface area (Å²) in [5.41, 5.74) is -0.656. The first kappa shape index (κ1) is 12.6. The third-order valence-corrected chi connectivity index (χ3v) is 2.98. The summed E-state index contributed by atoms with van der Waals surface area (Å²) in [6.45, 7) is 1.87. The van der Waals surface area contributed by atoms with Crippen LogP contribution in [0.5, 0.6) is 5.75 Å². The molecule has 1 aromatic rings. The zero-order chi connectivity index (χ0) is 11.5. The van der Waals surface area contributed by atoms with Crippen LogP contribution in [0.4, 0.5) is 13.2 Å². The van der Waals surface area contributed by atoms with Crippen molar-refractivity contribution < 1.29 is 17.9 Å². The predicted molar refractivity (Wildman–Crippen MR) is 60.4 cm³/mol. The van der Waals surface area contributed by atoms with Gasteiger partial charge in [-0.25, -0.2) is 0 Å². The molecule has 0 heterocycles. The van der Waals surface area contributed by atoms with Crippen LogP contribution in [-0.2, 0) is 6.18 Å². The summed E-state index contributed by atoms with van der Waals surface area (Å²) in [6, 6.07) is 4.72. The van der Waals surface area contributed by atoms with E-state index in [1.54, 1.807) is 0 Å². The molecule has 5 heteroatoms. The summed E-state index contributed by atoms with van der Waals surface area (Å²) in [4.78, 5) is 0. The molecule has 0 saturated carbocycles. The van der Waals surface area contributed by atoms with Crippen LogP contribution in [0.2, 0.25) is 0 Å². The van der Waals surface area contributed by atoms with E-state index in [9.17, 15) is 13.2 Å². The highest BCUT2D eigenvalue weighted by Crippen LogP contribution is 2.30.